The molecule has 0 saturated heterocycles. The Kier molecular flexibility index (Phi) is 6.03. The average molecular weight is 263 g/mol. The second kappa shape index (κ2) is 7.57. The van der Waals surface area contributed by atoms with E-state index in [1.54, 1.807) is 7.11 Å². The topological polar surface area (TPSA) is 30.5 Å². The van der Waals surface area contributed by atoms with Gasteiger partial charge >= 0.3 is 0 Å². The van der Waals surface area contributed by atoms with Gasteiger partial charge in [0, 0.05) is 13.5 Å². The summed E-state index contributed by atoms with van der Waals surface area (Å²) in [7, 11) is 3.44. The van der Waals surface area contributed by atoms with Crippen LogP contribution in [0.3, 0.4) is 0 Å². The van der Waals surface area contributed by atoms with Crippen molar-refractivity contribution in [1.82, 2.24) is 5.32 Å². The van der Waals surface area contributed by atoms with Crippen LogP contribution in [0.1, 0.15) is 12.0 Å². The van der Waals surface area contributed by atoms with Crippen molar-refractivity contribution in [1.29, 1.82) is 0 Å². The van der Waals surface area contributed by atoms with Crippen LogP contribution < -0.4 is 14.8 Å². The molecule has 0 heterocycles. The fraction of sp³-hybridized carbons (Fsp3) is 0.357. The predicted octanol–water partition coefficient (Wildman–Crippen LogP) is 2.19. The normalized spacial score (nSPS) is 9.39. The van der Waals surface area contributed by atoms with Crippen molar-refractivity contribution in [2.24, 2.45) is 0 Å². The molecular weight excluding hydrogens is 246 g/mol. The predicted molar refractivity (Wildman–Crippen MR) is 77.3 cm³/mol. The molecule has 0 amide bonds. The van der Waals surface area contributed by atoms with E-state index in [1.807, 2.05) is 25.2 Å². The Morgan fingerprint density at radius 3 is 2.83 bits per heavy atom. The van der Waals surface area contributed by atoms with Crippen molar-refractivity contribution in [2.45, 2.75) is 12.8 Å². The molecule has 0 atom stereocenters. The SMILES string of the molecule is C#CCOc1ccc(CCC(=S)NC)cc1OC. The molecule has 0 aliphatic rings. The van der Waals surface area contributed by atoms with E-state index < -0.39 is 0 Å². The highest BCUT2D eigenvalue weighted by atomic mass is 32.1. The molecule has 96 valence electrons. The van der Waals surface area contributed by atoms with Gasteiger partial charge in [0.25, 0.3) is 0 Å². The minimum absolute atomic E-state index is 0.236. The fourth-order valence-electron chi connectivity index (χ4n) is 1.49. The summed E-state index contributed by atoms with van der Waals surface area (Å²) in [6.07, 6.45) is 6.84. The monoisotopic (exact) mass is 263 g/mol. The molecule has 1 rings (SSSR count). The van der Waals surface area contributed by atoms with Gasteiger partial charge in [0.2, 0.25) is 0 Å². The van der Waals surface area contributed by atoms with Crippen LogP contribution in [0, 0.1) is 12.3 Å². The van der Waals surface area contributed by atoms with Crippen molar-refractivity contribution in [3.05, 3.63) is 23.8 Å². The number of hydrogen-bond donors (Lipinski definition) is 1. The third kappa shape index (κ3) is 4.27. The van der Waals surface area contributed by atoms with E-state index in [4.69, 9.17) is 28.1 Å². The van der Waals surface area contributed by atoms with Crippen molar-refractivity contribution in [3.8, 4) is 23.8 Å². The number of nitrogens with one attached hydrogen (secondary N) is 1. The van der Waals surface area contributed by atoms with Gasteiger partial charge in [0.15, 0.2) is 11.5 Å². The van der Waals surface area contributed by atoms with E-state index in [-0.39, 0.29) is 6.61 Å². The van der Waals surface area contributed by atoms with E-state index >= 15 is 0 Å². The molecule has 0 fully saturated rings. The van der Waals surface area contributed by atoms with Crippen LogP contribution in [-0.2, 0) is 6.42 Å². The molecule has 3 nitrogen and oxygen atoms in total. The zero-order valence-corrected chi connectivity index (χ0v) is 11.5. The zero-order valence-electron chi connectivity index (χ0n) is 10.7. The lowest BCUT2D eigenvalue weighted by Gasteiger charge is -2.10. The lowest BCUT2D eigenvalue weighted by Crippen LogP contribution is -2.15. The Labute approximate surface area is 113 Å². The summed E-state index contributed by atoms with van der Waals surface area (Å²) in [5.74, 6) is 3.78. The molecule has 0 radical (unpaired) electrons. The number of terminal acetylenes is 1. The first-order valence-corrected chi connectivity index (χ1v) is 6.05. The van der Waals surface area contributed by atoms with E-state index in [2.05, 4.69) is 11.2 Å². The molecule has 0 aliphatic heterocycles. The Morgan fingerprint density at radius 1 is 1.44 bits per heavy atom. The maximum Gasteiger partial charge on any atom is 0.162 e. The third-order valence-corrected chi connectivity index (χ3v) is 2.87. The molecule has 0 spiro atoms. The molecule has 0 aliphatic carbocycles. The van der Waals surface area contributed by atoms with Crippen LogP contribution in [0.15, 0.2) is 18.2 Å². The number of thiocarbonyl (C=S) groups is 1. The quantitative estimate of drug-likeness (QED) is 0.629. The molecule has 0 unspecified atom stereocenters. The van der Waals surface area contributed by atoms with Gasteiger partial charge in [0.1, 0.15) is 6.61 Å². The first-order chi connectivity index (χ1) is 8.71. The van der Waals surface area contributed by atoms with Crippen LogP contribution in [0.25, 0.3) is 0 Å². The Bertz CT molecular complexity index is 452. The molecule has 1 aromatic rings. The first-order valence-electron chi connectivity index (χ1n) is 5.65. The molecule has 0 saturated carbocycles. The second-order valence-corrected chi connectivity index (χ2v) is 4.14. The molecule has 1 N–H and O–H groups in total. The van der Waals surface area contributed by atoms with Crippen LogP contribution in [0.5, 0.6) is 11.5 Å². The minimum Gasteiger partial charge on any atom is -0.493 e. The van der Waals surface area contributed by atoms with Crippen LogP contribution in [0.2, 0.25) is 0 Å². The van der Waals surface area contributed by atoms with Gasteiger partial charge in [-0.2, -0.15) is 0 Å². The van der Waals surface area contributed by atoms with Gasteiger partial charge in [-0.1, -0.05) is 24.2 Å². The zero-order chi connectivity index (χ0) is 13.4. The van der Waals surface area contributed by atoms with E-state index in [1.165, 1.54) is 0 Å². The van der Waals surface area contributed by atoms with Crippen molar-refractivity contribution >= 4 is 17.2 Å². The Hall–Kier alpha value is -1.73. The van der Waals surface area contributed by atoms with E-state index in [0.29, 0.717) is 11.5 Å². The highest BCUT2D eigenvalue weighted by Gasteiger charge is 2.06. The second-order valence-electron chi connectivity index (χ2n) is 3.65. The summed E-state index contributed by atoms with van der Waals surface area (Å²) in [5, 5.41) is 2.96. The van der Waals surface area contributed by atoms with Crippen molar-refractivity contribution in [3.63, 3.8) is 0 Å². The lowest BCUT2D eigenvalue weighted by molar-refractivity contribution is 0.330. The number of benzene rings is 1. The lowest BCUT2D eigenvalue weighted by atomic mass is 10.1. The van der Waals surface area contributed by atoms with Crippen molar-refractivity contribution < 1.29 is 9.47 Å². The summed E-state index contributed by atoms with van der Waals surface area (Å²) in [6, 6.07) is 5.81. The summed E-state index contributed by atoms with van der Waals surface area (Å²) >= 11 is 5.11. The third-order valence-electron chi connectivity index (χ3n) is 2.46. The van der Waals surface area contributed by atoms with Crippen molar-refractivity contribution in [2.75, 3.05) is 20.8 Å². The first kappa shape index (κ1) is 14.3. The number of rotatable bonds is 6. The molecule has 1 aromatic carbocycles. The summed E-state index contributed by atoms with van der Waals surface area (Å²) < 4.78 is 10.7. The molecular formula is C14H17NO2S. The van der Waals surface area contributed by atoms with Gasteiger partial charge in [-0.05, 0) is 24.1 Å². The molecule has 0 bridgehead atoms. The van der Waals surface area contributed by atoms with Gasteiger partial charge in [-0.25, -0.2) is 0 Å². The van der Waals surface area contributed by atoms with Gasteiger partial charge in [-0.15, -0.1) is 6.42 Å². The Balaban J connectivity index is 2.72. The van der Waals surface area contributed by atoms with Crippen LogP contribution in [0.4, 0.5) is 0 Å². The summed E-state index contributed by atoms with van der Waals surface area (Å²) in [5.41, 5.74) is 1.15. The summed E-state index contributed by atoms with van der Waals surface area (Å²) in [4.78, 5) is 0.849. The molecule has 0 aromatic heterocycles. The maximum absolute atomic E-state index is 5.38. The van der Waals surface area contributed by atoms with Crippen LogP contribution >= 0.6 is 12.2 Å². The highest BCUT2D eigenvalue weighted by molar-refractivity contribution is 7.80. The molecule has 4 heteroatoms. The standard InChI is InChI=1S/C14H17NO2S/c1-4-9-17-12-7-5-11(10-13(12)16-3)6-8-14(18)15-2/h1,5,7,10H,6,8-9H2,2-3H3,(H,15,18). The number of aryl methyl sites for hydroxylation is 1. The summed E-state index contributed by atoms with van der Waals surface area (Å²) in [6.45, 7) is 0.236. The largest absolute Gasteiger partial charge is 0.493 e. The maximum atomic E-state index is 5.38. The van der Waals surface area contributed by atoms with Crippen LogP contribution in [-0.4, -0.2) is 25.8 Å². The smallest absolute Gasteiger partial charge is 0.162 e. The highest BCUT2D eigenvalue weighted by Crippen LogP contribution is 2.28. The number of ether oxygens (including phenoxy) is 2. The number of hydrogen-bond acceptors (Lipinski definition) is 3. The van der Waals surface area contributed by atoms with E-state index in [9.17, 15) is 0 Å². The molecule has 18 heavy (non-hydrogen) atoms. The Morgan fingerprint density at radius 2 is 2.22 bits per heavy atom. The van der Waals surface area contributed by atoms with Gasteiger partial charge < -0.3 is 14.8 Å². The number of methoxy groups -OCH3 is 1. The van der Waals surface area contributed by atoms with Gasteiger partial charge in [0.05, 0.1) is 12.1 Å². The minimum atomic E-state index is 0.236. The van der Waals surface area contributed by atoms with Gasteiger partial charge in [-0.3, -0.25) is 0 Å². The fourth-order valence-corrected chi connectivity index (χ4v) is 1.59. The van der Waals surface area contributed by atoms with E-state index in [0.717, 1.165) is 23.4 Å². The average Bonchev–Trinajstić information content (AvgIpc) is 2.42.